The van der Waals surface area contributed by atoms with Gasteiger partial charge in [0.1, 0.15) is 18.1 Å². The van der Waals surface area contributed by atoms with Crippen LogP contribution < -0.4 is 10.5 Å². The van der Waals surface area contributed by atoms with Gasteiger partial charge in [-0.05, 0) is 31.5 Å². The number of nitrogens with two attached hydrogens (primary N) is 1. The predicted molar refractivity (Wildman–Crippen MR) is 66.8 cm³/mol. The summed E-state index contributed by atoms with van der Waals surface area (Å²) in [5.41, 5.74) is 7.06. The predicted octanol–water partition coefficient (Wildman–Crippen LogP) is 3.07. The van der Waals surface area contributed by atoms with Crippen molar-refractivity contribution in [3.8, 4) is 5.75 Å². The summed E-state index contributed by atoms with van der Waals surface area (Å²) in [5.74, 6) is 1.33. The Morgan fingerprint density at radius 3 is 2.78 bits per heavy atom. The molecule has 0 bridgehead atoms. The van der Waals surface area contributed by atoms with Crippen LogP contribution in [0.25, 0.3) is 0 Å². The first-order valence-corrected chi connectivity index (χ1v) is 5.78. The normalized spacial score (nSPS) is 10.7. The average molecular weight is 249 g/mol. The highest BCUT2D eigenvalue weighted by atomic mass is 19.1. The minimum Gasteiger partial charge on any atom is -0.483 e. The lowest BCUT2D eigenvalue weighted by Gasteiger charge is -2.06. The molecule has 2 aromatic rings. The van der Waals surface area contributed by atoms with E-state index >= 15 is 0 Å². The highest BCUT2D eigenvalue weighted by molar-refractivity contribution is 5.30. The topological polar surface area (TPSA) is 48.4 Å². The van der Waals surface area contributed by atoms with Gasteiger partial charge in [-0.1, -0.05) is 12.1 Å². The van der Waals surface area contributed by atoms with Gasteiger partial charge in [0.05, 0.1) is 0 Å². The first kappa shape index (κ1) is 12.6. The summed E-state index contributed by atoms with van der Waals surface area (Å²) in [6.45, 7) is 4.17. The molecule has 0 unspecified atom stereocenters. The lowest BCUT2D eigenvalue weighted by atomic mass is 10.2. The largest absolute Gasteiger partial charge is 0.483 e. The number of rotatable bonds is 4. The maximum Gasteiger partial charge on any atom is 0.167 e. The van der Waals surface area contributed by atoms with Gasteiger partial charge in [0.25, 0.3) is 0 Å². The maximum atomic E-state index is 13.7. The third-order valence-electron chi connectivity index (χ3n) is 2.82. The number of aryl methyl sites for hydroxylation is 2. The van der Waals surface area contributed by atoms with Crippen molar-refractivity contribution in [1.29, 1.82) is 0 Å². The van der Waals surface area contributed by atoms with E-state index in [1.165, 1.54) is 0 Å². The van der Waals surface area contributed by atoms with E-state index in [2.05, 4.69) is 0 Å². The molecule has 4 heteroatoms. The Bertz CT molecular complexity index is 549. The van der Waals surface area contributed by atoms with Gasteiger partial charge in [0, 0.05) is 12.1 Å². The van der Waals surface area contributed by atoms with Crippen LogP contribution in [0, 0.1) is 19.7 Å². The number of hydrogen-bond acceptors (Lipinski definition) is 3. The molecular weight excluding hydrogens is 233 g/mol. The Morgan fingerprint density at radius 1 is 1.33 bits per heavy atom. The van der Waals surface area contributed by atoms with Crippen LogP contribution in [0.1, 0.15) is 22.6 Å². The van der Waals surface area contributed by atoms with Crippen LogP contribution in [0.2, 0.25) is 0 Å². The molecule has 3 nitrogen and oxygen atoms in total. The second-order valence-electron chi connectivity index (χ2n) is 4.17. The lowest BCUT2D eigenvalue weighted by Crippen LogP contribution is -1.98. The van der Waals surface area contributed by atoms with E-state index in [-0.39, 0.29) is 18.2 Å². The second kappa shape index (κ2) is 5.23. The molecule has 0 aliphatic carbocycles. The van der Waals surface area contributed by atoms with Crippen molar-refractivity contribution in [2.45, 2.75) is 27.0 Å². The molecule has 0 amide bonds. The summed E-state index contributed by atoms with van der Waals surface area (Å²) in [4.78, 5) is 0. The van der Waals surface area contributed by atoms with E-state index in [0.29, 0.717) is 17.9 Å². The molecule has 2 rings (SSSR count). The van der Waals surface area contributed by atoms with Crippen molar-refractivity contribution in [2.24, 2.45) is 5.73 Å². The van der Waals surface area contributed by atoms with Crippen LogP contribution >= 0.6 is 0 Å². The van der Waals surface area contributed by atoms with E-state index in [1.54, 1.807) is 25.1 Å². The van der Waals surface area contributed by atoms with Crippen LogP contribution in [0.3, 0.4) is 0 Å². The molecule has 0 saturated heterocycles. The molecule has 0 atom stereocenters. The van der Waals surface area contributed by atoms with Crippen molar-refractivity contribution >= 4 is 0 Å². The van der Waals surface area contributed by atoms with E-state index in [0.717, 1.165) is 11.3 Å². The molecular formula is C14H16FNO2. The second-order valence-corrected chi connectivity index (χ2v) is 4.17. The number of benzene rings is 1. The standard InChI is InChI=1S/C14H16FNO2/c1-9-4-3-5-13(14(9)15)17-8-12-6-11(7-16)10(2)18-12/h3-6H,7-8,16H2,1-2H3. The highest BCUT2D eigenvalue weighted by Crippen LogP contribution is 2.22. The number of ether oxygens (including phenoxy) is 1. The van der Waals surface area contributed by atoms with Crippen molar-refractivity contribution in [2.75, 3.05) is 0 Å². The van der Waals surface area contributed by atoms with E-state index in [9.17, 15) is 4.39 Å². The third kappa shape index (κ3) is 2.54. The molecule has 1 aromatic heterocycles. The zero-order chi connectivity index (χ0) is 13.1. The Labute approximate surface area is 105 Å². The highest BCUT2D eigenvalue weighted by Gasteiger charge is 2.09. The number of halogens is 1. The number of hydrogen-bond donors (Lipinski definition) is 1. The van der Waals surface area contributed by atoms with Gasteiger partial charge in [0.15, 0.2) is 11.6 Å². The summed E-state index contributed by atoms with van der Waals surface area (Å²) in [7, 11) is 0. The fourth-order valence-corrected chi connectivity index (χ4v) is 1.74. The van der Waals surface area contributed by atoms with Crippen LogP contribution in [0.5, 0.6) is 5.75 Å². The van der Waals surface area contributed by atoms with Gasteiger partial charge >= 0.3 is 0 Å². The molecule has 2 N–H and O–H groups in total. The van der Waals surface area contributed by atoms with Gasteiger partial charge in [-0.2, -0.15) is 0 Å². The summed E-state index contributed by atoms with van der Waals surface area (Å²) >= 11 is 0. The van der Waals surface area contributed by atoms with Crippen LogP contribution in [-0.2, 0) is 13.2 Å². The molecule has 96 valence electrons. The Hall–Kier alpha value is -1.81. The van der Waals surface area contributed by atoms with Gasteiger partial charge in [-0.15, -0.1) is 0 Å². The molecule has 0 radical (unpaired) electrons. The fraction of sp³-hybridized carbons (Fsp3) is 0.286. The van der Waals surface area contributed by atoms with Crippen molar-refractivity contribution in [3.63, 3.8) is 0 Å². The van der Waals surface area contributed by atoms with Crippen molar-refractivity contribution < 1.29 is 13.5 Å². The van der Waals surface area contributed by atoms with Gasteiger partial charge in [-0.25, -0.2) is 4.39 Å². The van der Waals surface area contributed by atoms with Gasteiger partial charge in [0.2, 0.25) is 0 Å². The lowest BCUT2D eigenvalue weighted by molar-refractivity contribution is 0.256. The first-order valence-electron chi connectivity index (χ1n) is 5.78. The van der Waals surface area contributed by atoms with Crippen molar-refractivity contribution in [3.05, 3.63) is 52.7 Å². The summed E-state index contributed by atoms with van der Waals surface area (Å²) < 4.78 is 24.6. The van der Waals surface area contributed by atoms with Gasteiger partial charge < -0.3 is 14.9 Å². The van der Waals surface area contributed by atoms with Crippen LogP contribution in [0.15, 0.2) is 28.7 Å². The summed E-state index contributed by atoms with van der Waals surface area (Å²) in [6.07, 6.45) is 0. The monoisotopic (exact) mass is 249 g/mol. The minimum atomic E-state index is -0.333. The molecule has 0 spiro atoms. The quantitative estimate of drug-likeness (QED) is 0.905. The van der Waals surface area contributed by atoms with Crippen molar-refractivity contribution in [1.82, 2.24) is 0 Å². The maximum absolute atomic E-state index is 13.7. The summed E-state index contributed by atoms with van der Waals surface area (Å²) in [5, 5.41) is 0. The molecule has 1 aromatic carbocycles. The molecule has 0 aliphatic heterocycles. The Morgan fingerprint density at radius 2 is 2.11 bits per heavy atom. The first-order chi connectivity index (χ1) is 8.61. The molecule has 1 heterocycles. The van der Waals surface area contributed by atoms with Crippen LogP contribution in [-0.4, -0.2) is 0 Å². The average Bonchev–Trinajstić information content (AvgIpc) is 2.72. The third-order valence-corrected chi connectivity index (χ3v) is 2.82. The molecule has 0 fully saturated rings. The van der Waals surface area contributed by atoms with E-state index < -0.39 is 0 Å². The fourth-order valence-electron chi connectivity index (χ4n) is 1.74. The molecule has 0 aliphatic rings. The number of furan rings is 1. The smallest absolute Gasteiger partial charge is 0.167 e. The molecule has 18 heavy (non-hydrogen) atoms. The Kier molecular flexibility index (Phi) is 3.67. The van der Waals surface area contributed by atoms with Crippen LogP contribution in [0.4, 0.5) is 4.39 Å². The Balaban J connectivity index is 2.09. The van der Waals surface area contributed by atoms with E-state index in [4.69, 9.17) is 14.9 Å². The zero-order valence-electron chi connectivity index (χ0n) is 10.5. The molecule has 0 saturated carbocycles. The van der Waals surface area contributed by atoms with E-state index in [1.807, 2.05) is 13.0 Å². The van der Waals surface area contributed by atoms with Gasteiger partial charge in [-0.3, -0.25) is 0 Å². The minimum absolute atomic E-state index is 0.196. The summed E-state index contributed by atoms with van der Waals surface area (Å²) in [6, 6.07) is 6.89. The SMILES string of the molecule is Cc1cccc(OCc2cc(CN)c(C)o2)c1F. The zero-order valence-corrected chi connectivity index (χ0v) is 10.5.